The fourth-order valence-electron chi connectivity index (χ4n) is 5.24. The van der Waals surface area contributed by atoms with E-state index in [4.69, 9.17) is 4.74 Å². The van der Waals surface area contributed by atoms with Crippen LogP contribution in [-0.2, 0) is 0 Å². The van der Waals surface area contributed by atoms with E-state index in [0.29, 0.717) is 17.7 Å². The van der Waals surface area contributed by atoms with Crippen LogP contribution in [0.15, 0.2) is 36.4 Å². The lowest BCUT2D eigenvalue weighted by Gasteiger charge is -2.24. The van der Waals surface area contributed by atoms with Crippen LogP contribution in [0.25, 0.3) is 0 Å². The van der Waals surface area contributed by atoms with Crippen molar-refractivity contribution in [1.82, 2.24) is 0 Å². The molecule has 0 spiro atoms. The number of hydrogen-bond acceptors (Lipinski definition) is 3. The first kappa shape index (κ1) is 27.8. The van der Waals surface area contributed by atoms with Crippen molar-refractivity contribution in [3.05, 3.63) is 92.0 Å². The molecule has 0 fully saturated rings. The third-order valence-corrected chi connectivity index (χ3v) is 9.05. The fourth-order valence-corrected chi connectivity index (χ4v) is 7.82. The van der Waals surface area contributed by atoms with Crippen LogP contribution in [-0.4, -0.2) is 17.7 Å². The highest BCUT2D eigenvalue weighted by Gasteiger charge is 2.35. The van der Waals surface area contributed by atoms with E-state index >= 15 is 0 Å². The highest BCUT2D eigenvalue weighted by atomic mass is 31.1. The summed E-state index contributed by atoms with van der Waals surface area (Å²) in [6, 6.07) is 12.1. The highest BCUT2D eigenvalue weighted by Crippen LogP contribution is 2.47. The van der Waals surface area contributed by atoms with Crippen LogP contribution in [0.5, 0.6) is 5.75 Å². The number of ether oxygens (including phenoxy) is 1. The molecule has 0 N–H and O–H groups in total. The average molecular weight is 503 g/mol. The van der Waals surface area contributed by atoms with Crippen molar-refractivity contribution in [3.63, 3.8) is 0 Å². The van der Waals surface area contributed by atoms with Crippen molar-refractivity contribution in [2.24, 2.45) is 0 Å². The van der Waals surface area contributed by atoms with Gasteiger partial charge in [-0.25, -0.2) is 0 Å². The molecule has 0 unspecified atom stereocenters. The number of aryl methyl sites for hydroxylation is 8. The first-order chi connectivity index (χ1) is 17.0. The van der Waals surface area contributed by atoms with Crippen molar-refractivity contribution in [1.29, 1.82) is 0 Å². The van der Waals surface area contributed by atoms with E-state index in [2.05, 4.69) is 6.92 Å². The molecule has 4 heteroatoms. The molecule has 0 radical (unpaired) electrons. The lowest BCUT2D eigenvalue weighted by atomic mass is 10.0. The Labute approximate surface area is 218 Å². The Hall–Kier alpha value is -2.77. The van der Waals surface area contributed by atoms with Crippen LogP contribution in [0.1, 0.15) is 85.0 Å². The average Bonchev–Trinajstić information content (AvgIpc) is 2.74. The van der Waals surface area contributed by atoms with Crippen molar-refractivity contribution < 1.29 is 14.3 Å². The van der Waals surface area contributed by atoms with Crippen LogP contribution in [0.4, 0.5) is 0 Å². The van der Waals surface area contributed by atoms with Gasteiger partial charge in [0.1, 0.15) is 5.75 Å². The van der Waals surface area contributed by atoms with E-state index in [9.17, 15) is 9.59 Å². The van der Waals surface area contributed by atoms with Gasteiger partial charge >= 0.3 is 0 Å². The summed E-state index contributed by atoms with van der Waals surface area (Å²) in [6.07, 6.45) is 2.05. The Morgan fingerprint density at radius 3 is 1.39 bits per heavy atom. The summed E-state index contributed by atoms with van der Waals surface area (Å²) in [5, 5.41) is 0.849. The Morgan fingerprint density at radius 1 is 0.639 bits per heavy atom. The van der Waals surface area contributed by atoms with Crippen LogP contribution in [0, 0.1) is 55.4 Å². The third kappa shape index (κ3) is 5.79. The van der Waals surface area contributed by atoms with E-state index in [-0.39, 0.29) is 11.0 Å². The summed E-state index contributed by atoms with van der Waals surface area (Å²) in [5.41, 5.74) is 8.97. The zero-order valence-corrected chi connectivity index (χ0v) is 24.2. The normalized spacial score (nSPS) is 11.2. The topological polar surface area (TPSA) is 43.4 Å². The molecule has 0 amide bonds. The van der Waals surface area contributed by atoms with Crippen molar-refractivity contribution >= 4 is 24.3 Å². The molecule has 0 aromatic heterocycles. The highest BCUT2D eigenvalue weighted by molar-refractivity contribution is 7.96. The number of carbonyl (C=O) groups excluding carboxylic acids is 2. The summed E-state index contributed by atoms with van der Waals surface area (Å²) in [5.74, 6) is 0.794. The lowest BCUT2D eigenvalue weighted by molar-refractivity contribution is 0.105. The Bertz CT molecular complexity index is 1180. The van der Waals surface area contributed by atoms with E-state index in [1.54, 1.807) is 0 Å². The minimum absolute atomic E-state index is 0.0739. The molecule has 3 rings (SSSR count). The molecule has 0 atom stereocenters. The molecular weight excluding hydrogens is 463 g/mol. The van der Waals surface area contributed by atoms with E-state index in [1.807, 2.05) is 91.8 Å². The number of carbonyl (C=O) groups is 2. The Kier molecular flexibility index (Phi) is 8.90. The summed E-state index contributed by atoms with van der Waals surface area (Å²) >= 11 is 0. The Balaban J connectivity index is 2.23. The van der Waals surface area contributed by atoms with Crippen LogP contribution in [0.3, 0.4) is 0 Å². The summed E-state index contributed by atoms with van der Waals surface area (Å²) in [6.45, 7) is 18.7. The molecule has 0 aliphatic carbocycles. The summed E-state index contributed by atoms with van der Waals surface area (Å²) < 4.78 is 5.97. The van der Waals surface area contributed by atoms with Crippen molar-refractivity contribution in [2.75, 3.05) is 6.61 Å². The third-order valence-electron chi connectivity index (χ3n) is 6.64. The maximum Gasteiger partial charge on any atom is 0.197 e. The number of rotatable bonds is 9. The predicted molar refractivity (Wildman–Crippen MR) is 153 cm³/mol. The quantitative estimate of drug-likeness (QED) is 0.219. The molecule has 36 heavy (non-hydrogen) atoms. The SMILES string of the molecule is CCCCOc1cc(C)c(P(C(=O)c2c(C)cc(C)cc2C)C(=O)c2c(C)cc(C)cc2C)c(C)c1. The first-order valence-electron chi connectivity index (χ1n) is 12.7. The van der Waals surface area contributed by atoms with Crippen LogP contribution in [0.2, 0.25) is 0 Å². The molecule has 0 aliphatic heterocycles. The molecule has 3 aromatic rings. The molecule has 0 bridgehead atoms. The minimum Gasteiger partial charge on any atom is -0.494 e. The monoisotopic (exact) mass is 502 g/mol. The van der Waals surface area contributed by atoms with Gasteiger partial charge in [0.15, 0.2) is 11.0 Å². The molecule has 0 saturated carbocycles. The molecular formula is C32H39O3P. The maximum absolute atomic E-state index is 14.4. The van der Waals surface area contributed by atoms with Gasteiger partial charge in [0.25, 0.3) is 0 Å². The predicted octanol–water partition coefficient (Wildman–Crippen LogP) is 8.12. The van der Waals surface area contributed by atoms with Crippen LogP contribution < -0.4 is 10.0 Å². The van der Waals surface area contributed by atoms with Crippen molar-refractivity contribution in [2.45, 2.75) is 75.2 Å². The number of benzene rings is 3. The molecule has 0 heterocycles. The minimum atomic E-state index is -1.82. The fraction of sp³-hybridized carbons (Fsp3) is 0.375. The number of hydrogen-bond donors (Lipinski definition) is 0. The second-order valence-corrected chi connectivity index (χ2v) is 12.0. The second-order valence-electron chi connectivity index (χ2n) is 10.1. The van der Waals surface area contributed by atoms with Gasteiger partial charge in [0.05, 0.1) is 14.5 Å². The molecule has 0 saturated heterocycles. The zero-order chi connectivity index (χ0) is 26.7. The van der Waals surface area contributed by atoms with Crippen molar-refractivity contribution in [3.8, 4) is 5.75 Å². The largest absolute Gasteiger partial charge is 0.494 e. The van der Waals surface area contributed by atoms with Gasteiger partial charge in [-0.1, -0.05) is 48.7 Å². The standard InChI is InChI=1S/C32H39O3P/c1-10-11-12-35-27-17-25(8)30(26(9)18-27)36(31(33)28-21(4)13-19(2)14-22(28)5)32(34)29-23(6)15-20(3)16-24(29)7/h13-18H,10-12H2,1-9H3. The molecule has 3 aromatic carbocycles. The van der Waals surface area contributed by atoms with E-state index in [0.717, 1.165) is 68.4 Å². The lowest BCUT2D eigenvalue weighted by Crippen LogP contribution is -2.23. The van der Waals surface area contributed by atoms with Gasteiger partial charge in [-0.3, -0.25) is 9.59 Å². The molecule has 190 valence electrons. The van der Waals surface area contributed by atoms with E-state index in [1.165, 1.54) is 0 Å². The van der Waals surface area contributed by atoms with Gasteiger partial charge in [0.2, 0.25) is 0 Å². The van der Waals surface area contributed by atoms with Gasteiger partial charge in [-0.05, 0) is 113 Å². The van der Waals surface area contributed by atoms with E-state index < -0.39 is 7.92 Å². The first-order valence-corrected chi connectivity index (χ1v) is 14.1. The molecule has 3 nitrogen and oxygen atoms in total. The maximum atomic E-state index is 14.4. The number of unbranched alkanes of at least 4 members (excludes halogenated alkanes) is 1. The second kappa shape index (κ2) is 11.5. The van der Waals surface area contributed by atoms with Gasteiger partial charge < -0.3 is 4.74 Å². The summed E-state index contributed by atoms with van der Waals surface area (Å²) in [7, 11) is -1.82. The van der Waals surface area contributed by atoms with Gasteiger partial charge in [-0.15, -0.1) is 0 Å². The summed E-state index contributed by atoms with van der Waals surface area (Å²) in [4.78, 5) is 28.8. The van der Waals surface area contributed by atoms with Crippen LogP contribution >= 0.6 is 7.92 Å². The smallest absolute Gasteiger partial charge is 0.197 e. The zero-order valence-electron chi connectivity index (χ0n) is 23.3. The Morgan fingerprint density at radius 2 is 1.03 bits per heavy atom. The van der Waals surface area contributed by atoms with Gasteiger partial charge in [-0.2, -0.15) is 0 Å². The van der Waals surface area contributed by atoms with Gasteiger partial charge in [0, 0.05) is 11.1 Å². The molecule has 0 aliphatic rings.